The van der Waals surface area contributed by atoms with Crippen LogP contribution in [0.5, 0.6) is 0 Å². The van der Waals surface area contributed by atoms with Crippen LogP contribution in [0.15, 0.2) is 18.2 Å². The van der Waals surface area contributed by atoms with Gasteiger partial charge in [0.2, 0.25) is 11.9 Å². The van der Waals surface area contributed by atoms with E-state index in [0.29, 0.717) is 27.6 Å². The topological polar surface area (TPSA) is 60.0 Å². The molecule has 1 aromatic carbocycles. The molecule has 0 bridgehead atoms. The summed E-state index contributed by atoms with van der Waals surface area (Å²) in [6.07, 6.45) is 0. The van der Waals surface area contributed by atoms with Gasteiger partial charge in [0.1, 0.15) is 0 Å². The molecule has 0 radical (unpaired) electrons. The molecule has 0 unspecified atom stereocenters. The molecule has 2 rings (SSSR count). The Morgan fingerprint density at radius 3 is 2.53 bits per heavy atom. The fraction of sp³-hybridized carbons (Fsp3) is 0.333. The Labute approximate surface area is 121 Å². The Balaban J connectivity index is 2.45. The van der Waals surface area contributed by atoms with E-state index in [9.17, 15) is 0 Å². The third kappa shape index (κ3) is 2.77. The van der Waals surface area contributed by atoms with Gasteiger partial charge in [0.05, 0.1) is 10.7 Å². The smallest absolute Gasteiger partial charge is 0.246 e. The van der Waals surface area contributed by atoms with Gasteiger partial charge in [-0.05, 0) is 32.0 Å². The van der Waals surface area contributed by atoms with Gasteiger partial charge in [-0.1, -0.05) is 23.2 Å². The predicted molar refractivity (Wildman–Crippen MR) is 79.4 cm³/mol. The number of anilines is 2. The summed E-state index contributed by atoms with van der Waals surface area (Å²) < 4.78 is 1.52. The predicted octanol–water partition coefficient (Wildman–Crippen LogP) is 3.00. The van der Waals surface area contributed by atoms with Crippen molar-refractivity contribution in [2.24, 2.45) is 0 Å². The van der Waals surface area contributed by atoms with Crippen LogP contribution in [0.1, 0.15) is 13.8 Å². The average Bonchev–Trinajstić information content (AvgIpc) is 2.73. The first-order valence-corrected chi connectivity index (χ1v) is 6.75. The van der Waals surface area contributed by atoms with Crippen molar-refractivity contribution in [3.63, 3.8) is 0 Å². The molecule has 1 aromatic heterocycles. The van der Waals surface area contributed by atoms with E-state index in [-0.39, 0.29) is 0 Å². The average molecular weight is 300 g/mol. The Morgan fingerprint density at radius 2 is 1.95 bits per heavy atom. The van der Waals surface area contributed by atoms with Crippen molar-refractivity contribution in [2.45, 2.75) is 13.8 Å². The number of aromatic nitrogens is 3. The first-order valence-electron chi connectivity index (χ1n) is 5.99. The molecule has 102 valence electrons. The van der Waals surface area contributed by atoms with Gasteiger partial charge in [-0.25, -0.2) is 0 Å². The number of nitrogen functional groups attached to an aromatic ring is 1. The van der Waals surface area contributed by atoms with E-state index in [2.05, 4.69) is 10.1 Å². The van der Waals surface area contributed by atoms with E-state index in [1.54, 1.807) is 18.2 Å². The molecule has 0 saturated carbocycles. The highest BCUT2D eigenvalue weighted by molar-refractivity contribution is 6.35. The SMILES string of the molecule is CCN(CC)c1nc(N)n(-c2ccc(Cl)cc2Cl)n1. The van der Waals surface area contributed by atoms with Gasteiger partial charge in [-0.15, -0.1) is 5.10 Å². The van der Waals surface area contributed by atoms with E-state index in [1.165, 1.54) is 4.68 Å². The molecule has 19 heavy (non-hydrogen) atoms. The zero-order valence-corrected chi connectivity index (χ0v) is 12.3. The molecule has 0 atom stereocenters. The Morgan fingerprint density at radius 1 is 1.26 bits per heavy atom. The van der Waals surface area contributed by atoms with Gasteiger partial charge in [0, 0.05) is 18.1 Å². The summed E-state index contributed by atoms with van der Waals surface area (Å²) in [6.45, 7) is 5.70. The summed E-state index contributed by atoms with van der Waals surface area (Å²) in [5, 5.41) is 5.44. The summed E-state index contributed by atoms with van der Waals surface area (Å²) in [5.41, 5.74) is 6.56. The fourth-order valence-electron chi connectivity index (χ4n) is 1.78. The number of benzene rings is 1. The highest BCUT2D eigenvalue weighted by Gasteiger charge is 2.14. The van der Waals surface area contributed by atoms with E-state index in [0.717, 1.165) is 13.1 Å². The van der Waals surface area contributed by atoms with Crippen LogP contribution < -0.4 is 10.6 Å². The highest BCUT2D eigenvalue weighted by atomic mass is 35.5. The third-order valence-electron chi connectivity index (χ3n) is 2.81. The molecule has 5 nitrogen and oxygen atoms in total. The Hall–Kier alpha value is -1.46. The Bertz CT molecular complexity index is 577. The van der Waals surface area contributed by atoms with E-state index >= 15 is 0 Å². The maximum Gasteiger partial charge on any atom is 0.246 e. The number of rotatable bonds is 4. The van der Waals surface area contributed by atoms with Gasteiger partial charge in [0.25, 0.3) is 0 Å². The molecule has 0 spiro atoms. The van der Waals surface area contributed by atoms with Gasteiger partial charge < -0.3 is 10.6 Å². The molecular formula is C12H15Cl2N5. The molecule has 2 aromatic rings. The van der Waals surface area contributed by atoms with Crippen LogP contribution in [0.25, 0.3) is 5.69 Å². The number of hydrogen-bond donors (Lipinski definition) is 1. The van der Waals surface area contributed by atoms with Crippen LogP contribution in [0.3, 0.4) is 0 Å². The van der Waals surface area contributed by atoms with Crippen LogP contribution in [0.2, 0.25) is 10.0 Å². The van der Waals surface area contributed by atoms with E-state index in [4.69, 9.17) is 28.9 Å². The lowest BCUT2D eigenvalue weighted by Crippen LogP contribution is -2.23. The van der Waals surface area contributed by atoms with Crippen LogP contribution in [0, 0.1) is 0 Å². The van der Waals surface area contributed by atoms with Crippen molar-refractivity contribution < 1.29 is 0 Å². The zero-order valence-electron chi connectivity index (χ0n) is 10.8. The molecule has 0 aliphatic carbocycles. The van der Waals surface area contributed by atoms with Crippen molar-refractivity contribution in [3.8, 4) is 5.69 Å². The second-order valence-corrected chi connectivity index (χ2v) is 4.79. The lowest BCUT2D eigenvalue weighted by molar-refractivity contribution is 0.802. The van der Waals surface area contributed by atoms with Gasteiger partial charge in [0.15, 0.2) is 0 Å². The maximum absolute atomic E-state index is 6.15. The molecule has 2 N–H and O–H groups in total. The van der Waals surface area contributed by atoms with Gasteiger partial charge >= 0.3 is 0 Å². The van der Waals surface area contributed by atoms with Crippen LogP contribution in [0.4, 0.5) is 11.9 Å². The van der Waals surface area contributed by atoms with Crippen molar-refractivity contribution >= 4 is 35.1 Å². The van der Waals surface area contributed by atoms with Crippen molar-refractivity contribution in [2.75, 3.05) is 23.7 Å². The minimum Gasteiger partial charge on any atom is -0.368 e. The second-order valence-electron chi connectivity index (χ2n) is 3.95. The standard InChI is InChI=1S/C12H15Cl2N5/c1-3-18(4-2)12-16-11(15)19(17-12)10-6-5-8(13)7-9(10)14/h5-7H,3-4H2,1-2H3,(H2,15,16,17). The molecule has 0 fully saturated rings. The van der Waals surface area contributed by atoms with Gasteiger partial charge in [-0.2, -0.15) is 9.67 Å². The summed E-state index contributed by atoms with van der Waals surface area (Å²) in [5.74, 6) is 0.889. The normalized spacial score (nSPS) is 10.7. The number of hydrogen-bond acceptors (Lipinski definition) is 4. The highest BCUT2D eigenvalue weighted by Crippen LogP contribution is 2.26. The summed E-state index contributed by atoms with van der Waals surface area (Å²) in [6, 6.07) is 5.15. The summed E-state index contributed by atoms with van der Waals surface area (Å²) in [7, 11) is 0. The van der Waals surface area contributed by atoms with Crippen molar-refractivity contribution in [3.05, 3.63) is 28.2 Å². The Kier molecular flexibility index (Phi) is 4.17. The third-order valence-corrected chi connectivity index (χ3v) is 3.34. The van der Waals surface area contributed by atoms with E-state index in [1.807, 2.05) is 18.7 Å². The van der Waals surface area contributed by atoms with Gasteiger partial charge in [-0.3, -0.25) is 0 Å². The summed E-state index contributed by atoms with van der Waals surface area (Å²) in [4.78, 5) is 6.27. The minimum atomic E-state index is 0.297. The van der Waals surface area contributed by atoms with Crippen LogP contribution >= 0.6 is 23.2 Å². The lowest BCUT2D eigenvalue weighted by atomic mass is 10.3. The first-order chi connectivity index (χ1) is 9.06. The first kappa shape index (κ1) is 14.0. The molecule has 1 heterocycles. The number of nitrogens with zero attached hydrogens (tertiary/aromatic N) is 4. The largest absolute Gasteiger partial charge is 0.368 e. The molecule has 0 aliphatic heterocycles. The monoisotopic (exact) mass is 299 g/mol. The summed E-state index contributed by atoms with van der Waals surface area (Å²) >= 11 is 12.0. The lowest BCUT2D eigenvalue weighted by Gasteiger charge is -2.15. The number of nitrogens with two attached hydrogens (primary N) is 1. The van der Waals surface area contributed by atoms with Crippen LogP contribution in [-0.2, 0) is 0 Å². The fourth-order valence-corrected chi connectivity index (χ4v) is 2.27. The molecule has 0 aliphatic rings. The maximum atomic E-state index is 6.15. The van der Waals surface area contributed by atoms with Crippen LogP contribution in [-0.4, -0.2) is 27.9 Å². The van der Waals surface area contributed by atoms with E-state index < -0.39 is 0 Å². The molecule has 7 heteroatoms. The molecule has 0 amide bonds. The van der Waals surface area contributed by atoms with Crippen molar-refractivity contribution in [1.29, 1.82) is 0 Å². The van der Waals surface area contributed by atoms with Crippen molar-refractivity contribution in [1.82, 2.24) is 14.8 Å². The molecule has 0 saturated heterocycles. The number of halogens is 2. The second kappa shape index (κ2) is 5.67. The molecular weight excluding hydrogens is 285 g/mol. The quantitative estimate of drug-likeness (QED) is 0.943. The zero-order chi connectivity index (χ0) is 14.0. The minimum absolute atomic E-state index is 0.297.